The molecule has 0 saturated carbocycles. The predicted molar refractivity (Wildman–Crippen MR) is 74.7 cm³/mol. The van der Waals surface area contributed by atoms with Crippen LogP contribution in [0.3, 0.4) is 0 Å². The van der Waals surface area contributed by atoms with Crippen LogP contribution in [-0.4, -0.2) is 24.1 Å². The number of hydrogen-bond acceptors (Lipinski definition) is 4. The maximum absolute atomic E-state index is 4.49. The Labute approximate surface area is 108 Å². The Morgan fingerprint density at radius 1 is 1.35 bits per heavy atom. The van der Waals surface area contributed by atoms with Crippen molar-refractivity contribution >= 4 is 16.5 Å². The van der Waals surface area contributed by atoms with Crippen molar-refractivity contribution in [2.45, 2.75) is 39.3 Å². The molecule has 0 unspecified atom stereocenters. The average Bonchev–Trinajstić information content (AvgIpc) is 2.99. The summed E-state index contributed by atoms with van der Waals surface area (Å²) in [5.74, 6) is 0. The quantitative estimate of drug-likeness (QED) is 0.788. The van der Waals surface area contributed by atoms with Gasteiger partial charge < -0.3 is 10.2 Å². The van der Waals surface area contributed by atoms with Crippen LogP contribution < -0.4 is 10.2 Å². The molecule has 0 atom stereocenters. The van der Waals surface area contributed by atoms with Gasteiger partial charge in [0.05, 0.1) is 0 Å². The van der Waals surface area contributed by atoms with E-state index in [1.165, 1.54) is 17.7 Å². The Morgan fingerprint density at radius 2 is 2.06 bits per heavy atom. The highest BCUT2D eigenvalue weighted by atomic mass is 32.1. The van der Waals surface area contributed by atoms with Crippen molar-refractivity contribution in [1.29, 1.82) is 0 Å². The monoisotopic (exact) mass is 251 g/mol. The zero-order valence-electron chi connectivity index (χ0n) is 10.6. The lowest BCUT2D eigenvalue weighted by molar-refractivity contribution is 0.541. The molecule has 1 aromatic heterocycles. The predicted octanol–water partition coefficient (Wildman–Crippen LogP) is 2.80. The molecule has 0 amide bonds. The van der Waals surface area contributed by atoms with Gasteiger partial charge in [-0.1, -0.05) is 12.2 Å². The Morgan fingerprint density at radius 3 is 2.71 bits per heavy atom. The van der Waals surface area contributed by atoms with Gasteiger partial charge in [0, 0.05) is 36.8 Å². The fourth-order valence-corrected chi connectivity index (χ4v) is 3.04. The molecule has 1 aliphatic rings. The van der Waals surface area contributed by atoms with Crippen LogP contribution in [0.1, 0.15) is 31.6 Å². The van der Waals surface area contributed by atoms with Gasteiger partial charge in [-0.15, -0.1) is 11.3 Å². The molecule has 1 N–H and O–H groups in total. The average molecular weight is 251 g/mol. The maximum atomic E-state index is 4.49. The van der Waals surface area contributed by atoms with Gasteiger partial charge in [-0.25, -0.2) is 4.98 Å². The normalized spacial score (nSPS) is 15.6. The smallest absolute Gasteiger partial charge is 0.185 e. The highest BCUT2D eigenvalue weighted by Crippen LogP contribution is 2.22. The van der Waals surface area contributed by atoms with Crippen molar-refractivity contribution in [2.24, 2.45) is 0 Å². The van der Waals surface area contributed by atoms with Crippen LogP contribution in [-0.2, 0) is 6.54 Å². The van der Waals surface area contributed by atoms with Crippen LogP contribution in [0.15, 0.2) is 18.3 Å². The highest BCUT2D eigenvalue weighted by molar-refractivity contribution is 7.15. The van der Waals surface area contributed by atoms with Gasteiger partial charge in [0.25, 0.3) is 0 Å². The number of nitrogens with zero attached hydrogens (tertiary/aromatic N) is 2. The minimum absolute atomic E-state index is 0.633. The first kappa shape index (κ1) is 12.6. The van der Waals surface area contributed by atoms with Gasteiger partial charge in [-0.3, -0.25) is 0 Å². The Kier molecular flexibility index (Phi) is 4.57. The molecule has 3 nitrogen and oxygen atoms in total. The molecule has 0 bridgehead atoms. The lowest BCUT2D eigenvalue weighted by Crippen LogP contribution is -2.25. The van der Waals surface area contributed by atoms with Gasteiger partial charge in [-0.2, -0.15) is 0 Å². The van der Waals surface area contributed by atoms with Crippen molar-refractivity contribution in [1.82, 2.24) is 10.3 Å². The van der Waals surface area contributed by atoms with E-state index >= 15 is 0 Å². The first-order valence-electron chi connectivity index (χ1n) is 6.41. The van der Waals surface area contributed by atoms with Gasteiger partial charge in [0.2, 0.25) is 0 Å². The van der Waals surface area contributed by atoms with E-state index in [4.69, 9.17) is 0 Å². The summed E-state index contributed by atoms with van der Waals surface area (Å²) in [7, 11) is 0. The van der Waals surface area contributed by atoms with Crippen LogP contribution in [0.25, 0.3) is 0 Å². The molecule has 1 aliphatic carbocycles. The molecular formula is C13H21N3S. The van der Waals surface area contributed by atoms with Crippen LogP contribution in [0.2, 0.25) is 0 Å². The first-order chi connectivity index (χ1) is 8.33. The zero-order chi connectivity index (χ0) is 12.1. The van der Waals surface area contributed by atoms with Crippen molar-refractivity contribution in [3.63, 3.8) is 0 Å². The number of rotatable bonds is 6. The van der Waals surface area contributed by atoms with Crippen LogP contribution >= 0.6 is 11.3 Å². The Bertz CT molecular complexity index is 360. The lowest BCUT2D eigenvalue weighted by Gasteiger charge is -2.16. The third-order valence-electron chi connectivity index (χ3n) is 3.15. The van der Waals surface area contributed by atoms with E-state index in [1.807, 2.05) is 6.20 Å². The summed E-state index contributed by atoms with van der Waals surface area (Å²) < 4.78 is 0. The Balaban J connectivity index is 1.85. The van der Waals surface area contributed by atoms with E-state index in [9.17, 15) is 0 Å². The summed E-state index contributed by atoms with van der Waals surface area (Å²) in [6.45, 7) is 7.36. The van der Waals surface area contributed by atoms with Crippen molar-refractivity contribution in [2.75, 3.05) is 18.0 Å². The van der Waals surface area contributed by atoms with Crippen LogP contribution in [0.5, 0.6) is 0 Å². The van der Waals surface area contributed by atoms with E-state index in [0.717, 1.165) is 24.8 Å². The summed E-state index contributed by atoms with van der Waals surface area (Å²) in [5, 5.41) is 4.72. The van der Waals surface area contributed by atoms with Crippen LogP contribution in [0, 0.1) is 0 Å². The molecule has 0 fully saturated rings. The highest BCUT2D eigenvalue weighted by Gasteiger charge is 2.11. The molecule has 2 rings (SSSR count). The second-order valence-corrected chi connectivity index (χ2v) is 5.40. The molecule has 0 aromatic carbocycles. The van der Waals surface area contributed by atoms with E-state index in [0.29, 0.717) is 6.04 Å². The zero-order valence-corrected chi connectivity index (χ0v) is 11.5. The van der Waals surface area contributed by atoms with Gasteiger partial charge >= 0.3 is 0 Å². The number of anilines is 1. The van der Waals surface area contributed by atoms with E-state index < -0.39 is 0 Å². The topological polar surface area (TPSA) is 28.2 Å². The summed E-state index contributed by atoms with van der Waals surface area (Å²) in [5.41, 5.74) is 0. The second-order valence-electron chi connectivity index (χ2n) is 4.30. The molecule has 94 valence electrons. The molecule has 1 aromatic rings. The second kappa shape index (κ2) is 6.17. The number of thiazole rings is 1. The molecule has 0 aliphatic heterocycles. The standard InChI is InChI=1S/C13H21N3S/c1-3-16(4-2)13-15-10-12(17-13)9-14-11-7-5-6-8-11/h5-6,10-11,14H,3-4,7-9H2,1-2H3. The SMILES string of the molecule is CCN(CC)c1ncc(CNC2CC=CC2)s1. The molecule has 0 saturated heterocycles. The first-order valence-corrected chi connectivity index (χ1v) is 7.23. The van der Waals surface area contributed by atoms with E-state index in [2.05, 4.69) is 41.2 Å². The van der Waals surface area contributed by atoms with Crippen molar-refractivity contribution in [3.05, 3.63) is 23.2 Å². The molecular weight excluding hydrogens is 230 g/mol. The third-order valence-corrected chi connectivity index (χ3v) is 4.21. The van der Waals surface area contributed by atoms with Crippen LogP contribution in [0.4, 0.5) is 5.13 Å². The molecule has 4 heteroatoms. The van der Waals surface area contributed by atoms with Gasteiger partial charge in [0.15, 0.2) is 5.13 Å². The van der Waals surface area contributed by atoms with Gasteiger partial charge in [-0.05, 0) is 26.7 Å². The minimum Gasteiger partial charge on any atom is -0.349 e. The summed E-state index contributed by atoms with van der Waals surface area (Å²) >= 11 is 1.81. The van der Waals surface area contributed by atoms with Crippen molar-refractivity contribution < 1.29 is 0 Å². The van der Waals surface area contributed by atoms with E-state index in [-0.39, 0.29) is 0 Å². The molecule has 0 radical (unpaired) electrons. The summed E-state index contributed by atoms with van der Waals surface area (Å²) in [6, 6.07) is 0.633. The Hall–Kier alpha value is -0.870. The molecule has 17 heavy (non-hydrogen) atoms. The molecule has 1 heterocycles. The molecule has 0 spiro atoms. The number of aromatic nitrogens is 1. The van der Waals surface area contributed by atoms with Gasteiger partial charge in [0.1, 0.15) is 0 Å². The maximum Gasteiger partial charge on any atom is 0.185 e. The number of nitrogens with one attached hydrogen (secondary N) is 1. The van der Waals surface area contributed by atoms with E-state index in [1.54, 1.807) is 11.3 Å². The summed E-state index contributed by atoms with van der Waals surface area (Å²) in [6.07, 6.45) is 8.86. The fourth-order valence-electron chi connectivity index (χ4n) is 2.05. The third kappa shape index (κ3) is 3.30. The largest absolute Gasteiger partial charge is 0.349 e. The van der Waals surface area contributed by atoms with Crippen molar-refractivity contribution in [3.8, 4) is 0 Å². The summed E-state index contributed by atoms with van der Waals surface area (Å²) in [4.78, 5) is 8.12. The lowest BCUT2D eigenvalue weighted by atomic mass is 10.2. The fraction of sp³-hybridized carbons (Fsp3) is 0.615. The minimum atomic E-state index is 0.633. The number of hydrogen-bond donors (Lipinski definition) is 1.